The maximum Gasteiger partial charge on any atom is 0.185 e. The molecule has 0 aliphatic heterocycles. The normalized spacial score (nSPS) is 10.9. The SMILES string of the molecule is CCN(CC)c1ncc(CNCc2ncn(C)n2)s1. The number of aryl methyl sites for hydroxylation is 1. The van der Waals surface area contributed by atoms with Crippen LogP contribution in [-0.4, -0.2) is 32.8 Å². The second-order valence-electron chi connectivity index (χ2n) is 4.22. The summed E-state index contributed by atoms with van der Waals surface area (Å²) in [5.74, 6) is 0.816. The van der Waals surface area contributed by atoms with Crippen LogP contribution in [0.15, 0.2) is 12.5 Å². The minimum absolute atomic E-state index is 0.680. The smallest absolute Gasteiger partial charge is 0.185 e. The standard InChI is InChI=1S/C12H20N6S/c1-4-18(5-2)12-14-7-10(19-12)6-13-8-11-15-9-17(3)16-11/h7,9,13H,4-6,8H2,1-3H3. The van der Waals surface area contributed by atoms with Gasteiger partial charge in [0, 0.05) is 37.8 Å². The number of anilines is 1. The first-order valence-corrected chi connectivity index (χ1v) is 7.29. The summed E-state index contributed by atoms with van der Waals surface area (Å²) in [5.41, 5.74) is 0. The molecular formula is C12H20N6S. The van der Waals surface area contributed by atoms with E-state index in [1.54, 1.807) is 22.3 Å². The molecule has 0 bridgehead atoms. The monoisotopic (exact) mass is 280 g/mol. The largest absolute Gasteiger partial charge is 0.349 e. The Morgan fingerprint density at radius 1 is 1.26 bits per heavy atom. The predicted octanol–water partition coefficient (Wildman–Crippen LogP) is 1.41. The first-order chi connectivity index (χ1) is 9.22. The molecule has 2 rings (SSSR count). The minimum atomic E-state index is 0.680. The first-order valence-electron chi connectivity index (χ1n) is 6.47. The average Bonchev–Trinajstić information content (AvgIpc) is 3.01. The molecule has 2 heterocycles. The molecule has 0 saturated heterocycles. The van der Waals surface area contributed by atoms with Crippen molar-refractivity contribution in [1.29, 1.82) is 0 Å². The van der Waals surface area contributed by atoms with Gasteiger partial charge in [0.1, 0.15) is 6.33 Å². The molecule has 19 heavy (non-hydrogen) atoms. The minimum Gasteiger partial charge on any atom is -0.349 e. The van der Waals surface area contributed by atoms with Crippen molar-refractivity contribution in [3.63, 3.8) is 0 Å². The van der Waals surface area contributed by atoms with Crippen molar-refractivity contribution in [2.75, 3.05) is 18.0 Å². The van der Waals surface area contributed by atoms with E-state index in [1.807, 2.05) is 13.2 Å². The highest BCUT2D eigenvalue weighted by molar-refractivity contribution is 7.15. The summed E-state index contributed by atoms with van der Waals surface area (Å²) in [6.45, 7) is 7.77. The highest BCUT2D eigenvalue weighted by Crippen LogP contribution is 2.21. The number of aromatic nitrogens is 4. The highest BCUT2D eigenvalue weighted by atomic mass is 32.1. The number of rotatable bonds is 7. The third-order valence-corrected chi connectivity index (χ3v) is 3.86. The summed E-state index contributed by atoms with van der Waals surface area (Å²) in [5, 5.41) is 8.65. The lowest BCUT2D eigenvalue weighted by Crippen LogP contribution is -2.21. The van der Waals surface area contributed by atoms with Gasteiger partial charge in [-0.05, 0) is 13.8 Å². The third kappa shape index (κ3) is 3.74. The van der Waals surface area contributed by atoms with Gasteiger partial charge in [0.25, 0.3) is 0 Å². The molecule has 0 radical (unpaired) electrons. The van der Waals surface area contributed by atoms with Crippen LogP contribution in [0.3, 0.4) is 0 Å². The van der Waals surface area contributed by atoms with Crippen LogP contribution < -0.4 is 10.2 Å². The number of hydrogen-bond acceptors (Lipinski definition) is 6. The third-order valence-electron chi connectivity index (χ3n) is 2.80. The number of nitrogens with one attached hydrogen (secondary N) is 1. The van der Waals surface area contributed by atoms with Crippen LogP contribution in [0.1, 0.15) is 24.5 Å². The summed E-state index contributed by atoms with van der Waals surface area (Å²) in [4.78, 5) is 12.1. The van der Waals surface area contributed by atoms with E-state index in [2.05, 4.69) is 39.1 Å². The Kier molecular flexibility index (Phi) is 4.86. The summed E-state index contributed by atoms with van der Waals surface area (Å²) in [7, 11) is 1.87. The molecule has 0 fully saturated rings. The zero-order valence-corrected chi connectivity index (χ0v) is 12.4. The molecule has 0 unspecified atom stereocenters. The lowest BCUT2D eigenvalue weighted by molar-refractivity contribution is 0.653. The van der Waals surface area contributed by atoms with Gasteiger partial charge in [-0.15, -0.1) is 11.3 Å². The maximum absolute atomic E-state index is 4.46. The predicted molar refractivity (Wildman–Crippen MR) is 77.2 cm³/mol. The molecule has 0 spiro atoms. The fraction of sp³-hybridized carbons (Fsp3) is 0.583. The molecule has 0 atom stereocenters. The van der Waals surface area contributed by atoms with E-state index >= 15 is 0 Å². The van der Waals surface area contributed by atoms with Crippen LogP contribution in [0, 0.1) is 0 Å². The van der Waals surface area contributed by atoms with Crippen molar-refractivity contribution >= 4 is 16.5 Å². The molecule has 7 heteroatoms. The van der Waals surface area contributed by atoms with Gasteiger partial charge in [0.2, 0.25) is 0 Å². The zero-order valence-electron chi connectivity index (χ0n) is 11.6. The number of thiazole rings is 1. The molecule has 0 aliphatic carbocycles. The quantitative estimate of drug-likeness (QED) is 0.831. The maximum atomic E-state index is 4.46. The van der Waals surface area contributed by atoms with E-state index in [4.69, 9.17) is 0 Å². The molecule has 0 amide bonds. The summed E-state index contributed by atoms with van der Waals surface area (Å²) >= 11 is 1.74. The molecule has 2 aromatic rings. The fourth-order valence-corrected chi connectivity index (χ4v) is 2.79. The Morgan fingerprint density at radius 3 is 2.68 bits per heavy atom. The van der Waals surface area contributed by atoms with E-state index in [0.29, 0.717) is 6.54 Å². The topological polar surface area (TPSA) is 58.9 Å². The molecule has 2 aromatic heterocycles. The average molecular weight is 280 g/mol. The molecule has 0 aliphatic rings. The molecule has 0 aromatic carbocycles. The van der Waals surface area contributed by atoms with E-state index in [0.717, 1.165) is 30.6 Å². The Hall–Kier alpha value is -1.47. The first kappa shape index (κ1) is 14.0. The van der Waals surface area contributed by atoms with Gasteiger partial charge in [0.05, 0.1) is 6.54 Å². The second kappa shape index (κ2) is 6.63. The van der Waals surface area contributed by atoms with Gasteiger partial charge in [-0.3, -0.25) is 4.68 Å². The van der Waals surface area contributed by atoms with Crippen LogP contribution in [0.25, 0.3) is 0 Å². The van der Waals surface area contributed by atoms with Gasteiger partial charge < -0.3 is 10.2 Å². The molecule has 0 saturated carbocycles. The van der Waals surface area contributed by atoms with Crippen LogP contribution in [0.4, 0.5) is 5.13 Å². The Morgan fingerprint density at radius 2 is 2.05 bits per heavy atom. The van der Waals surface area contributed by atoms with Crippen molar-refractivity contribution in [2.24, 2.45) is 7.05 Å². The van der Waals surface area contributed by atoms with Crippen molar-refractivity contribution in [3.8, 4) is 0 Å². The lowest BCUT2D eigenvalue weighted by Gasteiger charge is -2.16. The van der Waals surface area contributed by atoms with Crippen molar-refractivity contribution in [1.82, 2.24) is 25.1 Å². The van der Waals surface area contributed by atoms with Crippen LogP contribution in [0.5, 0.6) is 0 Å². The molecular weight excluding hydrogens is 260 g/mol. The molecule has 104 valence electrons. The summed E-state index contributed by atoms with van der Waals surface area (Å²) in [6.07, 6.45) is 3.65. The van der Waals surface area contributed by atoms with E-state index in [1.165, 1.54) is 4.88 Å². The zero-order chi connectivity index (χ0) is 13.7. The Labute approximate surface area is 117 Å². The lowest BCUT2D eigenvalue weighted by atomic mass is 10.5. The second-order valence-corrected chi connectivity index (χ2v) is 5.31. The van der Waals surface area contributed by atoms with E-state index < -0.39 is 0 Å². The summed E-state index contributed by atoms with van der Waals surface area (Å²) < 4.78 is 1.71. The summed E-state index contributed by atoms with van der Waals surface area (Å²) in [6, 6.07) is 0. The van der Waals surface area contributed by atoms with Gasteiger partial charge >= 0.3 is 0 Å². The Balaban J connectivity index is 1.83. The number of nitrogens with zero attached hydrogens (tertiary/aromatic N) is 5. The van der Waals surface area contributed by atoms with Crippen LogP contribution in [-0.2, 0) is 20.1 Å². The van der Waals surface area contributed by atoms with Crippen LogP contribution >= 0.6 is 11.3 Å². The van der Waals surface area contributed by atoms with E-state index in [-0.39, 0.29) is 0 Å². The van der Waals surface area contributed by atoms with Crippen molar-refractivity contribution in [2.45, 2.75) is 26.9 Å². The van der Waals surface area contributed by atoms with Crippen molar-refractivity contribution < 1.29 is 0 Å². The van der Waals surface area contributed by atoms with Gasteiger partial charge in [0.15, 0.2) is 11.0 Å². The highest BCUT2D eigenvalue weighted by Gasteiger charge is 2.07. The van der Waals surface area contributed by atoms with Gasteiger partial charge in [-0.1, -0.05) is 0 Å². The van der Waals surface area contributed by atoms with Crippen LogP contribution in [0.2, 0.25) is 0 Å². The van der Waals surface area contributed by atoms with E-state index in [9.17, 15) is 0 Å². The van der Waals surface area contributed by atoms with Gasteiger partial charge in [-0.25, -0.2) is 9.97 Å². The van der Waals surface area contributed by atoms with Gasteiger partial charge in [-0.2, -0.15) is 5.10 Å². The molecule has 1 N–H and O–H groups in total. The Bertz CT molecular complexity index is 502. The number of hydrogen-bond donors (Lipinski definition) is 1. The van der Waals surface area contributed by atoms with Crippen molar-refractivity contribution in [3.05, 3.63) is 23.2 Å². The fourth-order valence-electron chi connectivity index (χ4n) is 1.78. The molecule has 6 nitrogen and oxygen atoms in total.